The van der Waals surface area contributed by atoms with Crippen molar-refractivity contribution in [2.24, 2.45) is 0 Å². The highest BCUT2D eigenvalue weighted by Gasteiger charge is 2.03. The van der Waals surface area contributed by atoms with Gasteiger partial charge >= 0.3 is 0 Å². The molecule has 0 aliphatic carbocycles. The van der Waals surface area contributed by atoms with Gasteiger partial charge in [0.15, 0.2) is 5.82 Å². The third-order valence-electron chi connectivity index (χ3n) is 2.18. The standard InChI is InChI=1S/C11H15N5O/c1-7-6-10(14-8(2)13-7)12-5-4-11-15-9(3)16-17-11/h6H,4-5H2,1-3H3,(H,12,13,14). The van der Waals surface area contributed by atoms with Gasteiger partial charge in [0.25, 0.3) is 0 Å². The van der Waals surface area contributed by atoms with Crippen molar-refractivity contribution in [3.05, 3.63) is 29.3 Å². The van der Waals surface area contributed by atoms with Crippen molar-refractivity contribution in [3.8, 4) is 0 Å². The second-order valence-corrected chi connectivity index (χ2v) is 3.85. The first-order chi connectivity index (χ1) is 8.13. The Bertz CT molecular complexity index is 488. The number of rotatable bonds is 4. The van der Waals surface area contributed by atoms with Crippen LogP contribution in [0.5, 0.6) is 0 Å². The quantitative estimate of drug-likeness (QED) is 0.861. The highest BCUT2D eigenvalue weighted by atomic mass is 16.5. The van der Waals surface area contributed by atoms with E-state index < -0.39 is 0 Å². The summed E-state index contributed by atoms with van der Waals surface area (Å²) in [6, 6.07) is 1.91. The van der Waals surface area contributed by atoms with E-state index >= 15 is 0 Å². The molecule has 6 heteroatoms. The van der Waals surface area contributed by atoms with Crippen molar-refractivity contribution < 1.29 is 4.52 Å². The molecule has 0 aliphatic rings. The molecule has 0 radical (unpaired) electrons. The van der Waals surface area contributed by atoms with E-state index in [2.05, 4.69) is 25.4 Å². The maximum absolute atomic E-state index is 5.02. The van der Waals surface area contributed by atoms with Gasteiger partial charge in [-0.1, -0.05) is 5.16 Å². The van der Waals surface area contributed by atoms with Gasteiger partial charge in [-0.25, -0.2) is 9.97 Å². The summed E-state index contributed by atoms with van der Waals surface area (Å²) < 4.78 is 5.02. The van der Waals surface area contributed by atoms with Crippen LogP contribution in [0.3, 0.4) is 0 Å². The summed E-state index contributed by atoms with van der Waals surface area (Å²) in [5, 5.41) is 6.94. The fraction of sp³-hybridized carbons (Fsp3) is 0.455. The van der Waals surface area contributed by atoms with E-state index in [-0.39, 0.29) is 0 Å². The van der Waals surface area contributed by atoms with Crippen LogP contribution >= 0.6 is 0 Å². The Morgan fingerprint density at radius 3 is 2.59 bits per heavy atom. The molecule has 1 N–H and O–H groups in total. The van der Waals surface area contributed by atoms with Crippen LogP contribution in [0.25, 0.3) is 0 Å². The lowest BCUT2D eigenvalue weighted by Crippen LogP contribution is -2.08. The highest BCUT2D eigenvalue weighted by molar-refractivity contribution is 5.35. The van der Waals surface area contributed by atoms with E-state index in [9.17, 15) is 0 Å². The Hall–Kier alpha value is -1.98. The predicted molar refractivity (Wildman–Crippen MR) is 62.7 cm³/mol. The Balaban J connectivity index is 1.89. The van der Waals surface area contributed by atoms with E-state index in [1.807, 2.05) is 19.9 Å². The van der Waals surface area contributed by atoms with E-state index in [1.165, 1.54) is 0 Å². The minimum Gasteiger partial charge on any atom is -0.369 e. The highest BCUT2D eigenvalue weighted by Crippen LogP contribution is 2.06. The lowest BCUT2D eigenvalue weighted by Gasteiger charge is -2.05. The zero-order valence-corrected chi connectivity index (χ0v) is 10.2. The largest absolute Gasteiger partial charge is 0.369 e. The molecule has 0 aromatic carbocycles. The van der Waals surface area contributed by atoms with Gasteiger partial charge < -0.3 is 9.84 Å². The molecule has 2 rings (SSSR count). The number of hydrogen-bond acceptors (Lipinski definition) is 6. The van der Waals surface area contributed by atoms with Crippen LogP contribution in [0.4, 0.5) is 5.82 Å². The molecule has 0 saturated carbocycles. The van der Waals surface area contributed by atoms with Crippen LogP contribution in [0.2, 0.25) is 0 Å². The van der Waals surface area contributed by atoms with Crippen molar-refractivity contribution in [1.82, 2.24) is 20.1 Å². The molecule has 0 saturated heterocycles. The predicted octanol–water partition coefficient (Wildman–Crippen LogP) is 1.44. The van der Waals surface area contributed by atoms with Gasteiger partial charge in [-0.3, -0.25) is 0 Å². The Morgan fingerprint density at radius 2 is 1.94 bits per heavy atom. The van der Waals surface area contributed by atoms with Crippen LogP contribution in [-0.2, 0) is 6.42 Å². The first-order valence-corrected chi connectivity index (χ1v) is 5.49. The molecular weight excluding hydrogens is 218 g/mol. The summed E-state index contributed by atoms with van der Waals surface area (Å²) >= 11 is 0. The first kappa shape index (κ1) is 11.5. The van der Waals surface area contributed by atoms with Crippen LogP contribution in [0.1, 0.15) is 23.2 Å². The maximum atomic E-state index is 5.02. The molecule has 0 spiro atoms. The molecular formula is C11H15N5O. The van der Waals surface area contributed by atoms with Gasteiger partial charge in [-0.05, 0) is 20.8 Å². The first-order valence-electron chi connectivity index (χ1n) is 5.49. The molecule has 0 unspecified atom stereocenters. The van der Waals surface area contributed by atoms with Crippen LogP contribution in [-0.4, -0.2) is 26.7 Å². The number of aryl methyl sites for hydroxylation is 3. The fourth-order valence-corrected chi connectivity index (χ4v) is 1.55. The third-order valence-corrected chi connectivity index (χ3v) is 2.18. The number of aromatic nitrogens is 4. The van der Waals surface area contributed by atoms with E-state index in [1.54, 1.807) is 6.92 Å². The number of anilines is 1. The molecule has 0 bridgehead atoms. The average Bonchev–Trinajstić information content (AvgIpc) is 2.63. The number of nitrogens with one attached hydrogen (secondary N) is 1. The van der Waals surface area contributed by atoms with Gasteiger partial charge in [-0.2, -0.15) is 4.98 Å². The van der Waals surface area contributed by atoms with Gasteiger partial charge in [0.1, 0.15) is 11.6 Å². The van der Waals surface area contributed by atoms with Crippen molar-refractivity contribution in [2.75, 3.05) is 11.9 Å². The minimum absolute atomic E-state index is 0.637. The van der Waals surface area contributed by atoms with Gasteiger partial charge in [0.2, 0.25) is 5.89 Å². The SMILES string of the molecule is Cc1cc(NCCc2nc(C)no2)nc(C)n1. The molecule has 0 amide bonds. The summed E-state index contributed by atoms with van der Waals surface area (Å²) in [5.74, 6) is 2.89. The molecule has 90 valence electrons. The molecule has 17 heavy (non-hydrogen) atoms. The van der Waals surface area contributed by atoms with Gasteiger partial charge in [0, 0.05) is 24.7 Å². The number of nitrogens with zero attached hydrogens (tertiary/aromatic N) is 4. The third kappa shape index (κ3) is 3.24. The maximum Gasteiger partial charge on any atom is 0.228 e. The summed E-state index contributed by atoms with van der Waals surface area (Å²) in [6.07, 6.45) is 0.683. The summed E-state index contributed by atoms with van der Waals surface area (Å²) in [5.41, 5.74) is 0.952. The zero-order chi connectivity index (χ0) is 12.3. The van der Waals surface area contributed by atoms with Crippen LogP contribution < -0.4 is 5.32 Å². The average molecular weight is 233 g/mol. The zero-order valence-electron chi connectivity index (χ0n) is 10.2. The molecule has 2 aromatic heterocycles. The van der Waals surface area contributed by atoms with Gasteiger partial charge in [0.05, 0.1) is 0 Å². The van der Waals surface area contributed by atoms with E-state index in [0.717, 1.165) is 17.3 Å². The monoisotopic (exact) mass is 233 g/mol. The van der Waals surface area contributed by atoms with Crippen molar-refractivity contribution in [3.63, 3.8) is 0 Å². The second-order valence-electron chi connectivity index (χ2n) is 3.85. The van der Waals surface area contributed by atoms with Crippen LogP contribution in [0.15, 0.2) is 10.6 Å². The van der Waals surface area contributed by atoms with Crippen molar-refractivity contribution >= 4 is 5.82 Å². The lowest BCUT2D eigenvalue weighted by molar-refractivity contribution is 0.377. The Kier molecular flexibility index (Phi) is 3.32. The molecule has 0 fully saturated rings. The Morgan fingerprint density at radius 1 is 1.12 bits per heavy atom. The number of hydrogen-bond donors (Lipinski definition) is 1. The van der Waals surface area contributed by atoms with E-state index in [0.29, 0.717) is 24.7 Å². The Labute approximate surface area is 99.5 Å². The molecule has 2 aromatic rings. The summed E-state index contributed by atoms with van der Waals surface area (Å²) in [7, 11) is 0. The smallest absolute Gasteiger partial charge is 0.228 e. The summed E-state index contributed by atoms with van der Waals surface area (Å²) in [6.45, 7) is 6.33. The molecule has 0 atom stereocenters. The van der Waals surface area contributed by atoms with Gasteiger partial charge in [-0.15, -0.1) is 0 Å². The normalized spacial score (nSPS) is 10.5. The minimum atomic E-state index is 0.637. The van der Waals surface area contributed by atoms with E-state index in [4.69, 9.17) is 4.52 Å². The fourth-order valence-electron chi connectivity index (χ4n) is 1.55. The topological polar surface area (TPSA) is 76.7 Å². The van der Waals surface area contributed by atoms with Crippen molar-refractivity contribution in [1.29, 1.82) is 0 Å². The lowest BCUT2D eigenvalue weighted by atomic mass is 10.4. The molecule has 2 heterocycles. The summed E-state index contributed by atoms with van der Waals surface area (Å²) in [4.78, 5) is 12.6. The second kappa shape index (κ2) is 4.90. The molecule has 6 nitrogen and oxygen atoms in total. The van der Waals surface area contributed by atoms with Crippen LogP contribution in [0, 0.1) is 20.8 Å². The van der Waals surface area contributed by atoms with Crippen molar-refractivity contribution in [2.45, 2.75) is 27.2 Å². The molecule has 0 aliphatic heterocycles.